The van der Waals surface area contributed by atoms with Gasteiger partial charge in [-0.25, -0.2) is 18.1 Å². The molecule has 1 aromatic carbocycles. The van der Waals surface area contributed by atoms with Gasteiger partial charge in [-0.05, 0) is 24.6 Å². The first-order chi connectivity index (χ1) is 9.38. The number of nitrogens with zero attached hydrogens (tertiary/aromatic N) is 3. The molecule has 8 heteroatoms. The van der Waals surface area contributed by atoms with Crippen molar-refractivity contribution < 1.29 is 8.42 Å². The second-order valence-electron chi connectivity index (χ2n) is 4.50. The van der Waals surface area contributed by atoms with E-state index in [1.54, 1.807) is 24.1 Å². The number of aromatic nitrogens is 3. The zero-order valence-electron chi connectivity index (χ0n) is 11.4. The molecule has 3 N–H and O–H groups in total. The molecule has 0 saturated carbocycles. The molecule has 1 aromatic heterocycles. The SMILES string of the molecule is Cc1ccc(S(=O)(=O)NCCc2ncn(C)n2)cc1N. The van der Waals surface area contributed by atoms with Crippen molar-refractivity contribution in [3.8, 4) is 0 Å². The molecule has 0 amide bonds. The third-order valence-electron chi connectivity index (χ3n) is 2.85. The number of hydrogen-bond donors (Lipinski definition) is 2. The van der Waals surface area contributed by atoms with Gasteiger partial charge in [-0.2, -0.15) is 5.10 Å². The second-order valence-corrected chi connectivity index (χ2v) is 6.27. The largest absolute Gasteiger partial charge is 0.398 e. The van der Waals surface area contributed by atoms with E-state index in [1.807, 2.05) is 6.92 Å². The molecular weight excluding hydrogens is 278 g/mol. The van der Waals surface area contributed by atoms with Gasteiger partial charge in [0, 0.05) is 25.7 Å². The van der Waals surface area contributed by atoms with Gasteiger partial charge in [0.05, 0.1) is 4.90 Å². The summed E-state index contributed by atoms with van der Waals surface area (Å²) >= 11 is 0. The molecular formula is C12H17N5O2S. The van der Waals surface area contributed by atoms with Gasteiger partial charge < -0.3 is 5.73 Å². The van der Waals surface area contributed by atoms with Gasteiger partial charge in [-0.15, -0.1) is 0 Å². The minimum Gasteiger partial charge on any atom is -0.398 e. The fourth-order valence-corrected chi connectivity index (χ4v) is 2.73. The minimum absolute atomic E-state index is 0.162. The maximum atomic E-state index is 12.1. The van der Waals surface area contributed by atoms with Gasteiger partial charge in [0.15, 0.2) is 5.82 Å². The summed E-state index contributed by atoms with van der Waals surface area (Å²) in [5.41, 5.74) is 7.03. The number of anilines is 1. The van der Waals surface area contributed by atoms with Crippen LogP contribution in [-0.2, 0) is 23.5 Å². The van der Waals surface area contributed by atoms with Gasteiger partial charge in [-0.1, -0.05) is 6.07 Å². The Labute approximate surface area is 117 Å². The lowest BCUT2D eigenvalue weighted by atomic mass is 10.2. The van der Waals surface area contributed by atoms with Crippen LogP contribution >= 0.6 is 0 Å². The maximum Gasteiger partial charge on any atom is 0.240 e. The number of rotatable bonds is 5. The molecule has 0 fully saturated rings. The van der Waals surface area contributed by atoms with Crippen LogP contribution in [0.25, 0.3) is 0 Å². The number of nitrogen functional groups attached to an aromatic ring is 1. The van der Waals surface area contributed by atoms with Gasteiger partial charge in [0.2, 0.25) is 10.0 Å². The van der Waals surface area contributed by atoms with E-state index in [-0.39, 0.29) is 11.4 Å². The third-order valence-corrected chi connectivity index (χ3v) is 4.31. The Bertz CT molecular complexity index is 708. The van der Waals surface area contributed by atoms with Crippen molar-refractivity contribution >= 4 is 15.7 Å². The van der Waals surface area contributed by atoms with E-state index in [4.69, 9.17) is 5.73 Å². The van der Waals surface area contributed by atoms with Crippen LogP contribution in [0.4, 0.5) is 5.69 Å². The van der Waals surface area contributed by atoms with E-state index < -0.39 is 10.0 Å². The fraction of sp³-hybridized carbons (Fsp3) is 0.333. The Hall–Kier alpha value is -1.93. The summed E-state index contributed by atoms with van der Waals surface area (Å²) in [6.07, 6.45) is 2.01. The van der Waals surface area contributed by atoms with Crippen LogP contribution in [0.15, 0.2) is 29.4 Å². The second kappa shape index (κ2) is 5.59. The normalized spacial score (nSPS) is 11.7. The molecule has 108 valence electrons. The molecule has 0 aliphatic heterocycles. The summed E-state index contributed by atoms with van der Waals surface area (Å²) in [6, 6.07) is 4.67. The Morgan fingerprint density at radius 1 is 1.40 bits per heavy atom. The van der Waals surface area contributed by atoms with Gasteiger partial charge >= 0.3 is 0 Å². The van der Waals surface area contributed by atoms with Crippen molar-refractivity contribution in [1.29, 1.82) is 0 Å². The molecule has 0 saturated heterocycles. The molecule has 0 bridgehead atoms. The summed E-state index contributed by atoms with van der Waals surface area (Å²) in [5.74, 6) is 0.596. The summed E-state index contributed by atoms with van der Waals surface area (Å²) in [5, 5.41) is 4.08. The van der Waals surface area contributed by atoms with Crippen molar-refractivity contribution in [1.82, 2.24) is 19.5 Å². The monoisotopic (exact) mass is 295 g/mol. The smallest absolute Gasteiger partial charge is 0.240 e. The van der Waals surface area contributed by atoms with E-state index in [1.165, 1.54) is 12.1 Å². The molecule has 20 heavy (non-hydrogen) atoms. The summed E-state index contributed by atoms with van der Waals surface area (Å²) in [4.78, 5) is 4.19. The maximum absolute atomic E-state index is 12.1. The molecule has 2 rings (SSSR count). The van der Waals surface area contributed by atoms with Crippen molar-refractivity contribution in [2.24, 2.45) is 7.05 Å². The van der Waals surface area contributed by atoms with E-state index in [0.29, 0.717) is 17.9 Å². The van der Waals surface area contributed by atoms with Crippen LogP contribution in [0.5, 0.6) is 0 Å². The minimum atomic E-state index is -3.56. The molecule has 2 aromatic rings. The average Bonchev–Trinajstić information content (AvgIpc) is 2.78. The van der Waals surface area contributed by atoms with E-state index in [2.05, 4.69) is 14.8 Å². The molecule has 1 heterocycles. The molecule has 7 nitrogen and oxygen atoms in total. The first-order valence-corrected chi connectivity index (χ1v) is 7.57. The van der Waals surface area contributed by atoms with Crippen LogP contribution in [0.1, 0.15) is 11.4 Å². The van der Waals surface area contributed by atoms with E-state index in [0.717, 1.165) is 5.56 Å². The average molecular weight is 295 g/mol. The number of hydrogen-bond acceptors (Lipinski definition) is 5. The van der Waals surface area contributed by atoms with Gasteiger partial charge in [0.25, 0.3) is 0 Å². The van der Waals surface area contributed by atoms with Crippen molar-refractivity contribution in [2.75, 3.05) is 12.3 Å². The molecule has 0 aliphatic rings. The molecule has 0 radical (unpaired) electrons. The highest BCUT2D eigenvalue weighted by Gasteiger charge is 2.14. The van der Waals surface area contributed by atoms with Gasteiger partial charge in [0.1, 0.15) is 6.33 Å². The zero-order chi connectivity index (χ0) is 14.8. The van der Waals surface area contributed by atoms with E-state index in [9.17, 15) is 8.42 Å². The molecule has 0 aliphatic carbocycles. The Morgan fingerprint density at radius 2 is 2.15 bits per heavy atom. The lowest BCUT2D eigenvalue weighted by molar-refractivity contribution is 0.580. The predicted molar refractivity (Wildman–Crippen MR) is 75.5 cm³/mol. The fourth-order valence-electron chi connectivity index (χ4n) is 1.66. The molecule has 0 unspecified atom stereocenters. The number of sulfonamides is 1. The Balaban J connectivity index is 2.02. The first kappa shape index (κ1) is 14.5. The lowest BCUT2D eigenvalue weighted by Gasteiger charge is -2.07. The highest BCUT2D eigenvalue weighted by atomic mass is 32.2. The van der Waals surface area contributed by atoms with Crippen molar-refractivity contribution in [3.05, 3.63) is 35.9 Å². The zero-order valence-corrected chi connectivity index (χ0v) is 12.2. The highest BCUT2D eigenvalue weighted by Crippen LogP contribution is 2.16. The topological polar surface area (TPSA) is 103 Å². The first-order valence-electron chi connectivity index (χ1n) is 6.09. The Kier molecular flexibility index (Phi) is 4.05. The highest BCUT2D eigenvalue weighted by molar-refractivity contribution is 7.89. The predicted octanol–water partition coefficient (Wildman–Crippen LogP) is 0.227. The molecule has 0 atom stereocenters. The summed E-state index contributed by atoms with van der Waals surface area (Å²) in [7, 11) is -1.80. The van der Waals surface area contributed by atoms with Crippen molar-refractivity contribution in [3.63, 3.8) is 0 Å². The quantitative estimate of drug-likeness (QED) is 0.768. The number of aryl methyl sites for hydroxylation is 2. The number of nitrogens with two attached hydrogens (primary N) is 1. The number of benzene rings is 1. The summed E-state index contributed by atoms with van der Waals surface area (Å²) in [6.45, 7) is 2.06. The molecule has 0 spiro atoms. The summed E-state index contributed by atoms with van der Waals surface area (Å²) < 4.78 is 28.2. The lowest BCUT2D eigenvalue weighted by Crippen LogP contribution is -2.26. The van der Waals surface area contributed by atoms with Crippen LogP contribution < -0.4 is 10.5 Å². The van der Waals surface area contributed by atoms with Crippen LogP contribution in [-0.4, -0.2) is 29.7 Å². The van der Waals surface area contributed by atoms with Gasteiger partial charge in [-0.3, -0.25) is 4.68 Å². The number of nitrogens with one attached hydrogen (secondary N) is 1. The van der Waals surface area contributed by atoms with Crippen LogP contribution in [0.3, 0.4) is 0 Å². The van der Waals surface area contributed by atoms with Crippen LogP contribution in [0.2, 0.25) is 0 Å². The standard InChI is InChI=1S/C12H17N5O2S/c1-9-3-4-10(7-11(9)13)20(18,19)15-6-5-12-14-8-17(2)16-12/h3-4,7-8,15H,5-6,13H2,1-2H3. The third kappa shape index (κ3) is 3.34. The van der Waals surface area contributed by atoms with Crippen molar-refractivity contribution in [2.45, 2.75) is 18.2 Å². The Morgan fingerprint density at radius 3 is 2.75 bits per heavy atom. The van der Waals surface area contributed by atoms with Crippen LogP contribution in [0, 0.1) is 6.92 Å². The van der Waals surface area contributed by atoms with E-state index >= 15 is 0 Å².